The molecule has 0 fully saturated rings. The molecule has 1 amide bonds. The van der Waals surface area contributed by atoms with E-state index in [1.807, 2.05) is 6.07 Å². The quantitative estimate of drug-likeness (QED) is 0.424. The fourth-order valence-electron chi connectivity index (χ4n) is 1.87. The molecule has 122 valence electrons. The molecule has 0 aliphatic carbocycles. The van der Waals surface area contributed by atoms with Crippen LogP contribution in [0, 0.1) is 0 Å². The Balaban J connectivity index is 2.31. The van der Waals surface area contributed by atoms with Gasteiger partial charge in [0.2, 0.25) is 0 Å². The predicted molar refractivity (Wildman–Crippen MR) is 90.7 cm³/mol. The molecule has 0 saturated carbocycles. The van der Waals surface area contributed by atoms with Crippen molar-refractivity contribution in [3.8, 4) is 0 Å². The summed E-state index contributed by atoms with van der Waals surface area (Å²) in [5.41, 5.74) is 0.566. The van der Waals surface area contributed by atoms with Crippen molar-refractivity contribution < 1.29 is 18.1 Å². The fourth-order valence-corrected chi connectivity index (χ4v) is 3.79. The third kappa shape index (κ3) is 5.82. The summed E-state index contributed by atoms with van der Waals surface area (Å²) in [6, 6.07) is 9.58. The van der Waals surface area contributed by atoms with E-state index < -0.39 is 8.80 Å². The number of thiocarbonyl (C=S) groups is 1. The molecule has 0 heterocycles. The predicted octanol–water partition coefficient (Wildman–Crippen LogP) is 1.56. The zero-order chi connectivity index (χ0) is 16.4. The molecule has 0 atom stereocenters. The van der Waals surface area contributed by atoms with Gasteiger partial charge in [0.25, 0.3) is 5.91 Å². The Morgan fingerprint density at radius 3 is 2.27 bits per heavy atom. The van der Waals surface area contributed by atoms with Gasteiger partial charge in [-0.15, -0.1) is 0 Å². The Labute approximate surface area is 137 Å². The van der Waals surface area contributed by atoms with Crippen molar-refractivity contribution in [3.63, 3.8) is 0 Å². The molecule has 1 aromatic rings. The molecule has 6 nitrogen and oxygen atoms in total. The van der Waals surface area contributed by atoms with E-state index in [9.17, 15) is 4.79 Å². The number of hydrogen-bond acceptors (Lipinski definition) is 5. The van der Waals surface area contributed by atoms with Crippen LogP contribution in [0.5, 0.6) is 0 Å². The molecule has 1 aromatic carbocycles. The lowest BCUT2D eigenvalue weighted by atomic mass is 10.2. The van der Waals surface area contributed by atoms with E-state index in [-0.39, 0.29) is 5.91 Å². The van der Waals surface area contributed by atoms with E-state index in [1.54, 1.807) is 45.6 Å². The van der Waals surface area contributed by atoms with Gasteiger partial charge in [-0.25, -0.2) is 0 Å². The molecular formula is C14H22N2O4SSi. The van der Waals surface area contributed by atoms with Crippen LogP contribution in [0.2, 0.25) is 6.04 Å². The smallest absolute Gasteiger partial charge is 0.377 e. The van der Waals surface area contributed by atoms with Crippen molar-refractivity contribution in [1.29, 1.82) is 0 Å². The molecular weight excluding hydrogens is 320 g/mol. The first-order valence-corrected chi connectivity index (χ1v) is 9.20. The van der Waals surface area contributed by atoms with Gasteiger partial charge in [-0.2, -0.15) is 0 Å². The summed E-state index contributed by atoms with van der Waals surface area (Å²) in [4.78, 5) is 11.9. The van der Waals surface area contributed by atoms with Gasteiger partial charge >= 0.3 is 8.80 Å². The highest BCUT2D eigenvalue weighted by molar-refractivity contribution is 7.80. The van der Waals surface area contributed by atoms with Crippen LogP contribution < -0.4 is 10.6 Å². The van der Waals surface area contributed by atoms with Crippen LogP contribution in [0.1, 0.15) is 16.8 Å². The van der Waals surface area contributed by atoms with E-state index in [0.29, 0.717) is 23.3 Å². The zero-order valence-corrected chi connectivity index (χ0v) is 14.9. The molecule has 0 aliphatic rings. The van der Waals surface area contributed by atoms with Crippen LogP contribution in [-0.4, -0.2) is 47.7 Å². The number of carbonyl (C=O) groups is 1. The second kappa shape index (κ2) is 9.64. The lowest BCUT2D eigenvalue weighted by molar-refractivity contribution is 0.0976. The molecule has 0 aromatic heterocycles. The number of nitrogens with one attached hydrogen (secondary N) is 2. The van der Waals surface area contributed by atoms with E-state index in [1.165, 1.54) is 0 Å². The van der Waals surface area contributed by atoms with E-state index in [4.69, 9.17) is 25.5 Å². The summed E-state index contributed by atoms with van der Waals surface area (Å²) in [5.74, 6) is -0.229. The van der Waals surface area contributed by atoms with Crippen molar-refractivity contribution in [2.24, 2.45) is 0 Å². The lowest BCUT2D eigenvalue weighted by Crippen LogP contribution is -2.44. The minimum absolute atomic E-state index is 0.229. The van der Waals surface area contributed by atoms with E-state index in [2.05, 4.69) is 10.6 Å². The van der Waals surface area contributed by atoms with Crippen LogP contribution in [0.15, 0.2) is 30.3 Å². The second-order valence-electron chi connectivity index (χ2n) is 4.47. The maximum absolute atomic E-state index is 11.9. The molecule has 22 heavy (non-hydrogen) atoms. The number of amides is 1. The lowest BCUT2D eigenvalue weighted by Gasteiger charge is -2.24. The van der Waals surface area contributed by atoms with Crippen LogP contribution >= 0.6 is 12.2 Å². The Morgan fingerprint density at radius 2 is 1.73 bits per heavy atom. The summed E-state index contributed by atoms with van der Waals surface area (Å²) in [5, 5.41) is 5.92. The van der Waals surface area contributed by atoms with Crippen LogP contribution in [0.3, 0.4) is 0 Å². The maximum atomic E-state index is 11.9. The molecule has 1 rings (SSSR count). The van der Waals surface area contributed by atoms with Crippen molar-refractivity contribution in [1.82, 2.24) is 10.6 Å². The highest BCUT2D eigenvalue weighted by Gasteiger charge is 2.36. The molecule has 0 unspecified atom stereocenters. The second-order valence-corrected chi connectivity index (χ2v) is 7.97. The summed E-state index contributed by atoms with van der Waals surface area (Å²) >= 11 is 5.10. The minimum atomic E-state index is -2.54. The van der Waals surface area contributed by atoms with Gasteiger partial charge in [0.05, 0.1) is 0 Å². The molecule has 0 saturated heterocycles. The first-order chi connectivity index (χ1) is 10.6. The summed E-state index contributed by atoms with van der Waals surface area (Å²) in [6.45, 7) is 0.596. The largest absolute Gasteiger partial charge is 0.500 e. The normalized spacial score (nSPS) is 11.0. The minimum Gasteiger partial charge on any atom is -0.377 e. The third-order valence-corrected chi connectivity index (χ3v) is 6.22. The number of rotatable bonds is 8. The summed E-state index contributed by atoms with van der Waals surface area (Å²) in [6.07, 6.45) is 0.753. The summed E-state index contributed by atoms with van der Waals surface area (Å²) < 4.78 is 16.0. The fraction of sp³-hybridized carbons (Fsp3) is 0.429. The number of hydrogen-bond donors (Lipinski definition) is 2. The molecule has 0 spiro atoms. The van der Waals surface area contributed by atoms with Crippen LogP contribution in [0.4, 0.5) is 0 Å². The average molecular weight is 342 g/mol. The van der Waals surface area contributed by atoms with Crippen molar-refractivity contribution >= 4 is 32.0 Å². The Bertz CT molecular complexity index is 475. The van der Waals surface area contributed by atoms with Gasteiger partial charge in [0.1, 0.15) is 0 Å². The van der Waals surface area contributed by atoms with Crippen LogP contribution in [-0.2, 0) is 13.3 Å². The van der Waals surface area contributed by atoms with Crippen molar-refractivity contribution in [2.45, 2.75) is 12.5 Å². The molecule has 2 N–H and O–H groups in total. The van der Waals surface area contributed by atoms with Crippen molar-refractivity contribution in [3.05, 3.63) is 35.9 Å². The SMILES string of the molecule is CO[Si](CCCNC(=S)NC(=O)c1ccccc1)(OC)OC. The Morgan fingerprint density at radius 1 is 1.14 bits per heavy atom. The maximum Gasteiger partial charge on any atom is 0.500 e. The molecule has 8 heteroatoms. The topological polar surface area (TPSA) is 68.8 Å². The molecule has 0 bridgehead atoms. The van der Waals surface area contributed by atoms with Gasteiger partial charge in [0, 0.05) is 39.5 Å². The van der Waals surface area contributed by atoms with Crippen LogP contribution in [0.25, 0.3) is 0 Å². The average Bonchev–Trinajstić information content (AvgIpc) is 2.56. The first kappa shape index (κ1) is 18.7. The molecule has 0 radical (unpaired) electrons. The van der Waals surface area contributed by atoms with Gasteiger partial charge in [0.15, 0.2) is 5.11 Å². The zero-order valence-electron chi connectivity index (χ0n) is 13.0. The monoisotopic (exact) mass is 342 g/mol. The highest BCUT2D eigenvalue weighted by Crippen LogP contribution is 2.14. The van der Waals surface area contributed by atoms with E-state index >= 15 is 0 Å². The number of carbonyl (C=O) groups excluding carboxylic acids is 1. The number of benzene rings is 1. The van der Waals surface area contributed by atoms with E-state index in [0.717, 1.165) is 6.42 Å². The van der Waals surface area contributed by atoms with Gasteiger partial charge in [-0.05, 0) is 30.8 Å². The van der Waals surface area contributed by atoms with Crippen molar-refractivity contribution in [2.75, 3.05) is 27.9 Å². The Hall–Kier alpha value is -1.32. The van der Waals surface area contributed by atoms with Gasteiger partial charge in [-0.1, -0.05) is 18.2 Å². The third-order valence-electron chi connectivity index (χ3n) is 3.14. The Kier molecular flexibility index (Phi) is 8.21. The standard InChI is InChI=1S/C14H22N2O4SSi/c1-18-22(19-2,20-3)11-7-10-15-14(21)16-13(17)12-8-5-4-6-9-12/h4-6,8-9H,7,10-11H2,1-3H3,(H2,15,16,17,21). The molecule has 0 aliphatic heterocycles. The highest BCUT2D eigenvalue weighted by atomic mass is 32.1. The summed E-state index contributed by atoms with van der Waals surface area (Å²) in [7, 11) is 2.20. The van der Waals surface area contributed by atoms with Gasteiger partial charge in [-0.3, -0.25) is 10.1 Å². The van der Waals surface area contributed by atoms with Gasteiger partial charge < -0.3 is 18.6 Å². The first-order valence-electron chi connectivity index (χ1n) is 6.86.